The van der Waals surface area contributed by atoms with E-state index in [9.17, 15) is 4.79 Å². The fourth-order valence-corrected chi connectivity index (χ4v) is 4.23. The quantitative estimate of drug-likeness (QED) is 0.640. The third kappa shape index (κ3) is 3.22. The van der Waals surface area contributed by atoms with Crippen LogP contribution in [0, 0.1) is 5.92 Å². The summed E-state index contributed by atoms with van der Waals surface area (Å²) in [5, 5.41) is 3.11. The molecule has 1 unspecified atom stereocenters. The number of rotatable bonds is 3. The summed E-state index contributed by atoms with van der Waals surface area (Å²) in [6.45, 7) is 0. The average molecular weight is 349 g/mol. The van der Waals surface area contributed by atoms with E-state index < -0.39 is 0 Å². The number of carbonyl (C=O) groups excluding carboxylic acids is 1. The molecule has 0 saturated heterocycles. The summed E-state index contributed by atoms with van der Waals surface area (Å²) in [6, 6.07) is 16.7. The number of thiazole rings is 1. The second-order valence-electron chi connectivity index (χ2n) is 6.35. The maximum Gasteiger partial charge on any atom is 0.309 e. The minimum absolute atomic E-state index is 0.0241. The van der Waals surface area contributed by atoms with Crippen LogP contribution >= 0.6 is 11.3 Å². The van der Waals surface area contributed by atoms with Crippen LogP contribution in [0.5, 0.6) is 0 Å². The molecule has 0 fully saturated rings. The van der Waals surface area contributed by atoms with Gasteiger partial charge >= 0.3 is 5.97 Å². The maximum absolute atomic E-state index is 11.9. The van der Waals surface area contributed by atoms with Crippen LogP contribution in [0.3, 0.4) is 0 Å². The van der Waals surface area contributed by atoms with Crippen molar-refractivity contribution in [1.82, 2.24) is 4.98 Å². The number of aromatic nitrogens is 1. The van der Waals surface area contributed by atoms with E-state index in [-0.39, 0.29) is 11.9 Å². The summed E-state index contributed by atoms with van der Waals surface area (Å²) in [4.78, 5) is 16.7. The first-order valence-corrected chi connectivity index (χ1v) is 9.33. The maximum atomic E-state index is 11.9. The highest BCUT2D eigenvalue weighted by atomic mass is 32.1. The van der Waals surface area contributed by atoms with Gasteiger partial charge in [0.2, 0.25) is 0 Å². The molecule has 4 rings (SSSR count). The smallest absolute Gasteiger partial charge is 0.309 e. The van der Waals surface area contributed by atoms with Crippen LogP contribution < -0.4 is 0 Å². The summed E-state index contributed by atoms with van der Waals surface area (Å²) >= 11 is 1.66. The Morgan fingerprint density at radius 2 is 1.96 bits per heavy atom. The van der Waals surface area contributed by atoms with Crippen molar-refractivity contribution in [2.24, 2.45) is 5.92 Å². The lowest BCUT2D eigenvalue weighted by atomic mass is 9.83. The Hall–Kier alpha value is -2.46. The molecule has 3 nitrogen and oxygen atoms in total. The molecule has 0 radical (unpaired) electrons. The van der Waals surface area contributed by atoms with Crippen molar-refractivity contribution >= 4 is 17.3 Å². The zero-order chi connectivity index (χ0) is 17.2. The van der Waals surface area contributed by atoms with E-state index in [1.165, 1.54) is 18.2 Å². The molecule has 2 aromatic carbocycles. The van der Waals surface area contributed by atoms with E-state index >= 15 is 0 Å². The van der Waals surface area contributed by atoms with Gasteiger partial charge in [-0.3, -0.25) is 4.79 Å². The molecule has 0 bridgehead atoms. The summed E-state index contributed by atoms with van der Waals surface area (Å²) in [7, 11) is 1.47. The predicted molar refractivity (Wildman–Crippen MR) is 101 cm³/mol. The first-order chi connectivity index (χ1) is 12.2. The summed E-state index contributed by atoms with van der Waals surface area (Å²) in [5.74, 6) is -0.124. The molecule has 1 aromatic heterocycles. The number of methoxy groups -OCH3 is 1. The Kier molecular flexibility index (Phi) is 4.36. The third-order valence-corrected chi connectivity index (χ3v) is 5.68. The Bertz CT molecular complexity index is 901. The number of nitrogens with zero attached hydrogens (tertiary/aromatic N) is 1. The fourth-order valence-electron chi connectivity index (χ4n) is 3.41. The van der Waals surface area contributed by atoms with Gasteiger partial charge in [-0.25, -0.2) is 4.98 Å². The first kappa shape index (κ1) is 16.0. The lowest BCUT2D eigenvalue weighted by Crippen LogP contribution is -2.23. The molecule has 1 heterocycles. The molecule has 0 N–H and O–H groups in total. The van der Waals surface area contributed by atoms with Gasteiger partial charge in [0.15, 0.2) is 0 Å². The highest BCUT2D eigenvalue weighted by Gasteiger charge is 2.25. The largest absolute Gasteiger partial charge is 0.469 e. The van der Waals surface area contributed by atoms with E-state index in [0.29, 0.717) is 0 Å². The Morgan fingerprint density at radius 1 is 1.12 bits per heavy atom. The molecule has 1 atom stereocenters. The molecule has 0 saturated carbocycles. The first-order valence-electron chi connectivity index (χ1n) is 8.45. The number of aryl methyl sites for hydroxylation is 1. The van der Waals surface area contributed by atoms with Crippen molar-refractivity contribution in [3.8, 4) is 21.8 Å². The van der Waals surface area contributed by atoms with Crippen molar-refractivity contribution in [2.45, 2.75) is 19.3 Å². The average Bonchev–Trinajstić information content (AvgIpc) is 3.17. The number of hydrogen-bond donors (Lipinski definition) is 0. The van der Waals surface area contributed by atoms with Gasteiger partial charge in [-0.1, -0.05) is 42.5 Å². The van der Waals surface area contributed by atoms with Crippen molar-refractivity contribution in [3.63, 3.8) is 0 Å². The number of fused-ring (bicyclic) bond motifs is 1. The van der Waals surface area contributed by atoms with Gasteiger partial charge < -0.3 is 4.74 Å². The molecular weight excluding hydrogens is 330 g/mol. The van der Waals surface area contributed by atoms with Crippen LogP contribution in [-0.4, -0.2) is 18.1 Å². The zero-order valence-corrected chi connectivity index (χ0v) is 14.9. The van der Waals surface area contributed by atoms with Crippen molar-refractivity contribution < 1.29 is 9.53 Å². The van der Waals surface area contributed by atoms with Crippen molar-refractivity contribution in [3.05, 3.63) is 65.0 Å². The fraction of sp³-hybridized carbons (Fsp3) is 0.238. The molecular formula is C21H19NO2S. The van der Waals surface area contributed by atoms with E-state index in [2.05, 4.69) is 35.7 Å². The van der Waals surface area contributed by atoms with Crippen molar-refractivity contribution in [1.29, 1.82) is 0 Å². The van der Waals surface area contributed by atoms with Gasteiger partial charge in [-0.2, -0.15) is 0 Å². The molecule has 0 spiro atoms. The molecule has 3 aromatic rings. The second kappa shape index (κ2) is 6.81. The van der Waals surface area contributed by atoms with Crippen LogP contribution in [0.25, 0.3) is 21.8 Å². The number of esters is 1. The van der Waals surface area contributed by atoms with Crippen LogP contribution in [0.2, 0.25) is 0 Å². The molecule has 0 amide bonds. The molecule has 25 heavy (non-hydrogen) atoms. The van der Waals surface area contributed by atoms with Gasteiger partial charge in [0.05, 0.1) is 18.7 Å². The van der Waals surface area contributed by atoms with Gasteiger partial charge in [-0.15, -0.1) is 11.3 Å². The monoisotopic (exact) mass is 349 g/mol. The number of benzene rings is 2. The predicted octanol–water partition coefficient (Wildman–Crippen LogP) is 4.76. The van der Waals surface area contributed by atoms with Crippen LogP contribution in [0.1, 0.15) is 17.5 Å². The lowest BCUT2D eigenvalue weighted by Gasteiger charge is -2.23. The van der Waals surface area contributed by atoms with Crippen LogP contribution in [-0.2, 0) is 22.4 Å². The summed E-state index contributed by atoms with van der Waals surface area (Å²) in [6.07, 6.45) is 2.56. The minimum Gasteiger partial charge on any atom is -0.469 e. The van der Waals surface area contributed by atoms with E-state index in [1.807, 2.05) is 18.2 Å². The van der Waals surface area contributed by atoms with E-state index in [4.69, 9.17) is 9.72 Å². The van der Waals surface area contributed by atoms with E-state index in [1.54, 1.807) is 11.3 Å². The zero-order valence-electron chi connectivity index (χ0n) is 14.1. The third-order valence-electron chi connectivity index (χ3n) is 4.79. The van der Waals surface area contributed by atoms with Gasteiger partial charge in [-0.05, 0) is 36.5 Å². The highest BCUT2D eigenvalue weighted by molar-refractivity contribution is 7.13. The Morgan fingerprint density at radius 3 is 2.76 bits per heavy atom. The molecule has 126 valence electrons. The Balaban J connectivity index is 1.62. The van der Waals surface area contributed by atoms with Crippen LogP contribution in [0.15, 0.2) is 53.9 Å². The normalized spacial score (nSPS) is 16.3. The van der Waals surface area contributed by atoms with Gasteiger partial charge in [0, 0.05) is 16.5 Å². The summed E-state index contributed by atoms with van der Waals surface area (Å²) < 4.78 is 4.92. The topological polar surface area (TPSA) is 39.2 Å². The molecule has 0 aliphatic heterocycles. The minimum atomic E-state index is -0.100. The van der Waals surface area contributed by atoms with Gasteiger partial charge in [0.25, 0.3) is 0 Å². The summed E-state index contributed by atoms with van der Waals surface area (Å²) in [5.41, 5.74) is 5.84. The SMILES string of the molecule is COC(=O)C1CCc2ccc(-c3nc(-c4ccccc4)cs3)cc2C1. The molecule has 1 aliphatic carbocycles. The second-order valence-corrected chi connectivity index (χ2v) is 7.21. The van der Waals surface area contributed by atoms with Gasteiger partial charge in [0.1, 0.15) is 5.01 Å². The lowest BCUT2D eigenvalue weighted by molar-refractivity contribution is -0.145. The molecule has 4 heteroatoms. The standard InChI is InChI=1S/C21H19NO2S/c1-24-21(23)17-10-8-14-7-9-16(11-18(14)12-17)20-22-19(13-25-20)15-5-3-2-4-6-15/h2-7,9,11,13,17H,8,10,12H2,1H3. The highest BCUT2D eigenvalue weighted by Crippen LogP contribution is 2.33. The Labute approximate surface area is 151 Å². The van der Waals surface area contributed by atoms with E-state index in [0.717, 1.165) is 41.1 Å². The van der Waals surface area contributed by atoms with Crippen LogP contribution in [0.4, 0.5) is 0 Å². The molecule has 1 aliphatic rings. The number of ether oxygens (including phenoxy) is 1. The number of hydrogen-bond acceptors (Lipinski definition) is 4. The number of carbonyl (C=O) groups is 1. The van der Waals surface area contributed by atoms with Crippen molar-refractivity contribution in [2.75, 3.05) is 7.11 Å².